The number of aromatic hydroxyl groups is 2. The minimum absolute atomic E-state index is 0.169. The van der Waals surface area contributed by atoms with Gasteiger partial charge in [0.1, 0.15) is 11.5 Å². The smallest absolute Gasteiger partial charge is 0.327 e. The maximum absolute atomic E-state index is 9.51. The lowest BCUT2D eigenvalue weighted by molar-refractivity contribution is -0.132. The zero-order valence-electron chi connectivity index (χ0n) is 11.2. The van der Waals surface area contributed by atoms with Crippen molar-refractivity contribution >= 4 is 11.9 Å². The maximum atomic E-state index is 9.51. The number of hydrogen-bond acceptors (Lipinski definition) is 4. The van der Waals surface area contributed by atoms with E-state index < -0.39 is 11.9 Å². The molecule has 0 aliphatic heterocycles. The van der Waals surface area contributed by atoms with Gasteiger partial charge in [-0.25, -0.2) is 9.59 Å². The predicted molar refractivity (Wildman–Crippen MR) is 74.7 cm³/mol. The van der Waals surface area contributed by atoms with Crippen LogP contribution in [-0.4, -0.2) is 32.4 Å². The zero-order chi connectivity index (χ0) is 16.0. The quantitative estimate of drug-likeness (QED) is 0.489. The number of phenols is 2. The van der Waals surface area contributed by atoms with E-state index in [2.05, 4.69) is 0 Å². The molecule has 6 nitrogen and oxygen atoms in total. The standard InChI is InChI=1S/C6H6O2.2C4H6O2/c7-5-1-2-6(8)4-3-5;2*1-2-3-4(5)6/h1-4,7-8H;2*2-3H,1H3,(H,5,6). The first kappa shape index (κ1) is 19.6. The number of benzene rings is 1. The van der Waals surface area contributed by atoms with E-state index >= 15 is 0 Å². The van der Waals surface area contributed by atoms with Crippen molar-refractivity contribution in [2.45, 2.75) is 13.8 Å². The summed E-state index contributed by atoms with van der Waals surface area (Å²) in [5.41, 5.74) is 0. The Hall–Kier alpha value is -2.76. The van der Waals surface area contributed by atoms with E-state index in [1.54, 1.807) is 13.8 Å². The van der Waals surface area contributed by atoms with E-state index in [1.807, 2.05) is 0 Å². The largest absolute Gasteiger partial charge is 0.508 e. The molecule has 0 aromatic heterocycles. The highest BCUT2D eigenvalue weighted by atomic mass is 16.4. The fourth-order valence-corrected chi connectivity index (χ4v) is 0.738. The number of allylic oxidation sites excluding steroid dienone is 2. The maximum Gasteiger partial charge on any atom is 0.327 e. The third-order valence-electron chi connectivity index (χ3n) is 1.47. The Kier molecular flexibility index (Phi) is 12.4. The molecule has 0 unspecified atom stereocenters. The van der Waals surface area contributed by atoms with Crippen molar-refractivity contribution in [3.8, 4) is 11.5 Å². The lowest BCUT2D eigenvalue weighted by atomic mass is 10.3. The van der Waals surface area contributed by atoms with Gasteiger partial charge in [0.25, 0.3) is 0 Å². The summed E-state index contributed by atoms with van der Waals surface area (Å²) in [6.07, 6.45) is 5.12. The Balaban J connectivity index is 0. The molecule has 1 aromatic carbocycles. The first-order chi connectivity index (χ1) is 9.33. The van der Waals surface area contributed by atoms with Gasteiger partial charge in [-0.2, -0.15) is 0 Å². The van der Waals surface area contributed by atoms with Gasteiger partial charge in [0.05, 0.1) is 0 Å². The van der Waals surface area contributed by atoms with Crippen LogP contribution in [0.4, 0.5) is 0 Å². The van der Waals surface area contributed by atoms with Crippen LogP contribution in [0.5, 0.6) is 11.5 Å². The van der Waals surface area contributed by atoms with Gasteiger partial charge >= 0.3 is 11.9 Å². The summed E-state index contributed by atoms with van der Waals surface area (Å²) in [6, 6.07) is 5.70. The summed E-state index contributed by atoms with van der Waals surface area (Å²) < 4.78 is 0. The molecule has 0 radical (unpaired) electrons. The van der Waals surface area contributed by atoms with Crippen molar-refractivity contribution in [2.24, 2.45) is 0 Å². The number of carbonyl (C=O) groups is 2. The van der Waals surface area contributed by atoms with Crippen molar-refractivity contribution in [3.05, 3.63) is 48.6 Å². The molecule has 0 saturated carbocycles. The molecule has 0 aliphatic rings. The highest BCUT2D eigenvalue weighted by molar-refractivity contribution is 5.79. The summed E-state index contributed by atoms with van der Waals surface area (Å²) in [6.45, 7) is 3.32. The molecule has 0 spiro atoms. The van der Waals surface area contributed by atoms with Gasteiger partial charge in [-0.05, 0) is 38.1 Å². The molecule has 0 atom stereocenters. The Bertz CT molecular complexity index is 402. The lowest BCUT2D eigenvalue weighted by Crippen LogP contribution is -1.83. The van der Waals surface area contributed by atoms with Gasteiger partial charge in [-0.1, -0.05) is 12.2 Å². The summed E-state index contributed by atoms with van der Waals surface area (Å²) in [5, 5.41) is 32.9. The number of aliphatic carboxylic acids is 2. The van der Waals surface area contributed by atoms with Crippen molar-refractivity contribution in [3.63, 3.8) is 0 Å². The van der Waals surface area contributed by atoms with E-state index in [0.29, 0.717) is 0 Å². The average Bonchev–Trinajstić information content (AvgIpc) is 2.34. The lowest BCUT2D eigenvalue weighted by Gasteiger charge is -1.88. The second-order valence-electron chi connectivity index (χ2n) is 3.19. The normalized spacial score (nSPS) is 9.30. The van der Waals surface area contributed by atoms with E-state index in [4.69, 9.17) is 20.4 Å². The first-order valence-corrected chi connectivity index (χ1v) is 5.52. The highest BCUT2D eigenvalue weighted by Gasteiger charge is 1.84. The van der Waals surface area contributed by atoms with Gasteiger partial charge in [0.15, 0.2) is 0 Å². The molecule has 0 fully saturated rings. The van der Waals surface area contributed by atoms with Gasteiger partial charge in [-0.15, -0.1) is 0 Å². The Labute approximate surface area is 116 Å². The monoisotopic (exact) mass is 282 g/mol. The topological polar surface area (TPSA) is 115 Å². The Morgan fingerprint density at radius 2 is 1.05 bits per heavy atom. The molecule has 4 N–H and O–H groups in total. The molecule has 20 heavy (non-hydrogen) atoms. The molecule has 6 heteroatoms. The third kappa shape index (κ3) is 17.6. The number of carboxylic acid groups (broad SMARTS) is 2. The van der Waals surface area contributed by atoms with Gasteiger partial charge in [0.2, 0.25) is 0 Å². The number of phenolic OH excluding ortho intramolecular Hbond substituents is 2. The van der Waals surface area contributed by atoms with Crippen LogP contribution in [0.2, 0.25) is 0 Å². The van der Waals surface area contributed by atoms with Crippen molar-refractivity contribution in [1.82, 2.24) is 0 Å². The van der Waals surface area contributed by atoms with E-state index in [-0.39, 0.29) is 11.5 Å². The van der Waals surface area contributed by atoms with Crippen molar-refractivity contribution in [1.29, 1.82) is 0 Å². The third-order valence-corrected chi connectivity index (χ3v) is 1.47. The van der Waals surface area contributed by atoms with Crippen LogP contribution in [0.25, 0.3) is 0 Å². The minimum atomic E-state index is -0.891. The summed E-state index contributed by atoms with van der Waals surface area (Å²) in [7, 11) is 0. The van der Waals surface area contributed by atoms with E-state index in [0.717, 1.165) is 12.2 Å². The second-order valence-corrected chi connectivity index (χ2v) is 3.19. The molecule has 0 bridgehead atoms. The molecule has 0 saturated heterocycles. The molecular weight excluding hydrogens is 264 g/mol. The van der Waals surface area contributed by atoms with Gasteiger partial charge in [-0.3, -0.25) is 0 Å². The number of rotatable bonds is 2. The second kappa shape index (κ2) is 12.7. The molecule has 1 aromatic rings. The van der Waals surface area contributed by atoms with Crippen LogP contribution in [0.3, 0.4) is 0 Å². The number of carboxylic acids is 2. The summed E-state index contributed by atoms with van der Waals surface area (Å²) >= 11 is 0. The fourth-order valence-electron chi connectivity index (χ4n) is 0.738. The average molecular weight is 282 g/mol. The molecule has 0 heterocycles. The van der Waals surface area contributed by atoms with Crippen LogP contribution in [0, 0.1) is 0 Å². The molecule has 0 amide bonds. The molecular formula is C14H18O6. The van der Waals surface area contributed by atoms with E-state index in [9.17, 15) is 9.59 Å². The fraction of sp³-hybridized carbons (Fsp3) is 0.143. The molecule has 0 aliphatic carbocycles. The molecule has 1 rings (SSSR count). The summed E-state index contributed by atoms with van der Waals surface area (Å²) in [5.74, 6) is -1.44. The summed E-state index contributed by atoms with van der Waals surface area (Å²) in [4.78, 5) is 19.0. The first-order valence-electron chi connectivity index (χ1n) is 5.52. The highest BCUT2D eigenvalue weighted by Crippen LogP contribution is 2.13. The van der Waals surface area contributed by atoms with E-state index in [1.165, 1.54) is 36.4 Å². The SMILES string of the molecule is CC=CC(=O)O.CC=CC(=O)O.Oc1ccc(O)cc1. The predicted octanol–water partition coefficient (Wildman–Crippen LogP) is 2.39. The Morgan fingerprint density at radius 1 is 0.800 bits per heavy atom. The Morgan fingerprint density at radius 3 is 1.15 bits per heavy atom. The van der Waals surface area contributed by atoms with Gasteiger partial charge in [0, 0.05) is 12.2 Å². The zero-order valence-corrected chi connectivity index (χ0v) is 11.2. The molecule has 110 valence electrons. The minimum Gasteiger partial charge on any atom is -0.508 e. The van der Waals surface area contributed by atoms with Gasteiger partial charge < -0.3 is 20.4 Å². The van der Waals surface area contributed by atoms with Crippen molar-refractivity contribution in [2.75, 3.05) is 0 Å². The van der Waals surface area contributed by atoms with Crippen LogP contribution in [-0.2, 0) is 9.59 Å². The van der Waals surface area contributed by atoms with Crippen LogP contribution in [0.15, 0.2) is 48.6 Å². The van der Waals surface area contributed by atoms with Crippen LogP contribution < -0.4 is 0 Å². The van der Waals surface area contributed by atoms with Crippen molar-refractivity contribution < 1.29 is 30.0 Å². The number of hydrogen-bond donors (Lipinski definition) is 4. The van der Waals surface area contributed by atoms with Crippen LogP contribution >= 0.6 is 0 Å². The van der Waals surface area contributed by atoms with Crippen LogP contribution in [0.1, 0.15) is 13.8 Å².